The number of halogens is 1. The highest BCUT2D eigenvalue weighted by molar-refractivity contribution is 6.32. The van der Waals surface area contributed by atoms with Crippen molar-refractivity contribution in [2.45, 2.75) is 0 Å². The van der Waals surface area contributed by atoms with Crippen molar-refractivity contribution < 1.29 is 24.2 Å². The molecule has 0 spiro atoms. The molecule has 7 heteroatoms. The molecule has 2 aromatic rings. The van der Waals surface area contributed by atoms with Crippen LogP contribution in [-0.4, -0.2) is 25.1 Å². The minimum absolute atomic E-state index is 0.188. The van der Waals surface area contributed by atoms with Crippen LogP contribution in [0.15, 0.2) is 48.5 Å². The number of carboxylic acids is 1. The third-order valence-electron chi connectivity index (χ3n) is 2.69. The zero-order valence-corrected chi connectivity index (χ0v) is 12.7. The van der Waals surface area contributed by atoms with Crippen molar-refractivity contribution in [3.8, 4) is 11.5 Å². The Morgan fingerprint density at radius 3 is 2.35 bits per heavy atom. The van der Waals surface area contributed by atoms with Gasteiger partial charge in [-0.1, -0.05) is 23.7 Å². The lowest BCUT2D eigenvalue weighted by Crippen LogP contribution is -2.28. The standard InChI is InChI=1S/C16H14ClNO5/c17-13-3-1-2-4-14(13)23-9-15(19)18-11-5-7-12(8-6-11)22-10-16(20)21/h1-8H,9-10H2,(H,18,19)(H,20,21)/p-1. The third-order valence-corrected chi connectivity index (χ3v) is 3.00. The predicted molar refractivity (Wildman–Crippen MR) is 82.5 cm³/mol. The summed E-state index contributed by atoms with van der Waals surface area (Å²) < 4.78 is 10.3. The molecule has 6 nitrogen and oxygen atoms in total. The maximum atomic E-state index is 11.8. The van der Waals surface area contributed by atoms with Crippen LogP contribution < -0.4 is 19.9 Å². The van der Waals surface area contributed by atoms with Gasteiger partial charge in [-0.25, -0.2) is 0 Å². The maximum Gasteiger partial charge on any atom is 0.262 e. The number of anilines is 1. The van der Waals surface area contributed by atoms with E-state index in [9.17, 15) is 14.7 Å². The molecule has 0 aliphatic carbocycles. The van der Waals surface area contributed by atoms with E-state index < -0.39 is 12.6 Å². The monoisotopic (exact) mass is 334 g/mol. The topological polar surface area (TPSA) is 87.7 Å². The van der Waals surface area contributed by atoms with Gasteiger partial charge in [0.05, 0.1) is 11.0 Å². The molecule has 0 radical (unpaired) electrons. The molecular formula is C16H13ClNO5-. The molecule has 2 rings (SSSR count). The second-order valence-electron chi connectivity index (χ2n) is 4.45. The second kappa shape index (κ2) is 8.05. The highest BCUT2D eigenvalue weighted by atomic mass is 35.5. The van der Waals surface area contributed by atoms with Crippen LogP contribution in [0.5, 0.6) is 11.5 Å². The van der Waals surface area contributed by atoms with Gasteiger partial charge in [-0.3, -0.25) is 4.79 Å². The number of hydrogen-bond donors (Lipinski definition) is 1. The molecular weight excluding hydrogens is 322 g/mol. The van der Waals surface area contributed by atoms with Gasteiger partial charge in [-0.05, 0) is 36.4 Å². The maximum absolute atomic E-state index is 11.8. The number of benzene rings is 2. The van der Waals surface area contributed by atoms with E-state index in [2.05, 4.69) is 5.32 Å². The van der Waals surface area contributed by atoms with E-state index in [1.54, 1.807) is 36.4 Å². The van der Waals surface area contributed by atoms with E-state index in [1.165, 1.54) is 12.1 Å². The molecule has 120 valence electrons. The number of rotatable bonds is 7. The summed E-state index contributed by atoms with van der Waals surface area (Å²) in [5.41, 5.74) is 0.526. The molecule has 0 bridgehead atoms. The zero-order valence-electron chi connectivity index (χ0n) is 12.0. The van der Waals surface area contributed by atoms with E-state index in [0.717, 1.165) is 0 Å². The Kier molecular flexibility index (Phi) is 5.82. The Labute approximate surface area is 137 Å². The highest BCUT2D eigenvalue weighted by Crippen LogP contribution is 2.23. The summed E-state index contributed by atoms with van der Waals surface area (Å²) in [5.74, 6) is -0.873. The summed E-state index contributed by atoms with van der Waals surface area (Å²) in [4.78, 5) is 22.1. The fraction of sp³-hybridized carbons (Fsp3) is 0.125. The van der Waals surface area contributed by atoms with Gasteiger partial charge >= 0.3 is 0 Å². The summed E-state index contributed by atoms with van der Waals surface area (Å²) in [5, 5.41) is 13.3. The van der Waals surface area contributed by atoms with Crippen LogP contribution in [-0.2, 0) is 9.59 Å². The van der Waals surface area contributed by atoms with Crippen LogP contribution in [0.4, 0.5) is 5.69 Å². The van der Waals surface area contributed by atoms with E-state index in [1.807, 2.05) is 0 Å². The van der Waals surface area contributed by atoms with Crippen LogP contribution in [0.1, 0.15) is 0 Å². The van der Waals surface area contributed by atoms with Gasteiger partial charge < -0.3 is 24.7 Å². The summed E-state index contributed by atoms with van der Waals surface area (Å²) in [7, 11) is 0. The zero-order chi connectivity index (χ0) is 16.7. The number of ether oxygens (including phenoxy) is 2. The average molecular weight is 335 g/mol. The first-order valence-electron chi connectivity index (χ1n) is 6.64. The number of carbonyl (C=O) groups is 2. The molecule has 0 unspecified atom stereocenters. The number of amides is 1. The number of nitrogens with one attached hydrogen (secondary N) is 1. The Morgan fingerprint density at radius 2 is 1.70 bits per heavy atom. The molecule has 0 saturated carbocycles. The van der Waals surface area contributed by atoms with Gasteiger partial charge in [-0.15, -0.1) is 0 Å². The van der Waals surface area contributed by atoms with E-state index in [-0.39, 0.29) is 12.5 Å². The fourth-order valence-corrected chi connectivity index (χ4v) is 1.87. The molecule has 0 aliphatic heterocycles. The fourth-order valence-electron chi connectivity index (χ4n) is 1.68. The van der Waals surface area contributed by atoms with Crippen LogP contribution in [0.3, 0.4) is 0 Å². The molecule has 0 atom stereocenters. The van der Waals surface area contributed by atoms with E-state index >= 15 is 0 Å². The summed E-state index contributed by atoms with van der Waals surface area (Å²) in [6.45, 7) is -0.718. The van der Waals surface area contributed by atoms with Crippen molar-refractivity contribution in [1.29, 1.82) is 0 Å². The summed E-state index contributed by atoms with van der Waals surface area (Å²) in [6.07, 6.45) is 0. The molecule has 1 amide bonds. The molecule has 0 fully saturated rings. The SMILES string of the molecule is O=C([O-])COc1ccc(NC(=O)COc2ccccc2Cl)cc1. The van der Waals surface area contributed by atoms with Gasteiger partial charge in [0, 0.05) is 5.69 Å². The Balaban J connectivity index is 1.83. The lowest BCUT2D eigenvalue weighted by molar-refractivity contribution is -0.307. The lowest BCUT2D eigenvalue weighted by Gasteiger charge is -2.10. The third kappa shape index (κ3) is 5.52. The molecule has 0 aliphatic rings. The van der Waals surface area contributed by atoms with Crippen molar-refractivity contribution in [3.05, 3.63) is 53.6 Å². The van der Waals surface area contributed by atoms with Gasteiger partial charge in [0.1, 0.15) is 18.1 Å². The van der Waals surface area contributed by atoms with Gasteiger partial charge in [0.2, 0.25) is 0 Å². The molecule has 0 heterocycles. The molecule has 0 aromatic heterocycles. The Bertz CT molecular complexity index is 687. The summed E-state index contributed by atoms with van der Waals surface area (Å²) >= 11 is 5.92. The Hall–Kier alpha value is -2.73. The van der Waals surface area contributed by atoms with Gasteiger partial charge in [0.15, 0.2) is 6.61 Å². The normalized spacial score (nSPS) is 9.96. The van der Waals surface area contributed by atoms with Gasteiger partial charge in [0.25, 0.3) is 5.91 Å². The molecule has 2 aromatic carbocycles. The second-order valence-corrected chi connectivity index (χ2v) is 4.86. The van der Waals surface area contributed by atoms with Crippen molar-refractivity contribution in [1.82, 2.24) is 0 Å². The van der Waals surface area contributed by atoms with Crippen LogP contribution >= 0.6 is 11.6 Å². The smallest absolute Gasteiger partial charge is 0.262 e. The average Bonchev–Trinajstić information content (AvgIpc) is 2.53. The number of aliphatic carboxylic acids is 1. The Morgan fingerprint density at radius 1 is 1.00 bits per heavy atom. The van der Waals surface area contributed by atoms with Crippen LogP contribution in [0, 0.1) is 0 Å². The first-order valence-corrected chi connectivity index (χ1v) is 7.02. The highest BCUT2D eigenvalue weighted by Gasteiger charge is 2.06. The number of hydrogen-bond acceptors (Lipinski definition) is 5. The largest absolute Gasteiger partial charge is 0.546 e. The number of carbonyl (C=O) groups excluding carboxylic acids is 2. The van der Waals surface area contributed by atoms with Crippen molar-refractivity contribution in [2.75, 3.05) is 18.5 Å². The molecule has 1 N–H and O–H groups in total. The number of para-hydroxylation sites is 1. The molecule has 0 saturated heterocycles. The van der Waals surface area contributed by atoms with Crippen molar-refractivity contribution in [2.24, 2.45) is 0 Å². The first-order chi connectivity index (χ1) is 11.0. The van der Waals surface area contributed by atoms with Crippen molar-refractivity contribution >= 4 is 29.2 Å². The van der Waals surface area contributed by atoms with E-state index in [0.29, 0.717) is 22.2 Å². The predicted octanol–water partition coefficient (Wildman–Crippen LogP) is 1.49. The van der Waals surface area contributed by atoms with Crippen LogP contribution in [0.25, 0.3) is 0 Å². The van der Waals surface area contributed by atoms with Crippen molar-refractivity contribution in [3.63, 3.8) is 0 Å². The van der Waals surface area contributed by atoms with E-state index in [4.69, 9.17) is 21.1 Å². The first kappa shape index (κ1) is 16.6. The molecule has 23 heavy (non-hydrogen) atoms. The quantitative estimate of drug-likeness (QED) is 0.828. The number of carboxylic acid groups (broad SMARTS) is 1. The lowest BCUT2D eigenvalue weighted by atomic mass is 10.3. The summed E-state index contributed by atoms with van der Waals surface area (Å²) in [6, 6.07) is 13.1. The minimum atomic E-state index is -1.31. The van der Waals surface area contributed by atoms with Gasteiger partial charge in [-0.2, -0.15) is 0 Å². The minimum Gasteiger partial charge on any atom is -0.546 e. The van der Waals surface area contributed by atoms with Crippen LogP contribution in [0.2, 0.25) is 5.02 Å².